The highest BCUT2D eigenvalue weighted by atomic mass is 16.3. The summed E-state index contributed by atoms with van der Waals surface area (Å²) in [7, 11) is 0. The molecular formula is C12H20O. The van der Waals surface area contributed by atoms with E-state index in [0.717, 1.165) is 12.0 Å². The number of hydrogen-bond donors (Lipinski definition) is 1. The fourth-order valence-electron chi connectivity index (χ4n) is 0.970. The summed E-state index contributed by atoms with van der Waals surface area (Å²) in [6, 6.07) is 0. The third kappa shape index (κ3) is 6.39. The van der Waals surface area contributed by atoms with Crippen LogP contribution in [0.15, 0.2) is 30.0 Å². The third-order valence-electron chi connectivity index (χ3n) is 1.92. The molecule has 0 aromatic rings. The molecule has 1 nitrogen and oxygen atoms in total. The maximum Gasteiger partial charge on any atom is 0.0855 e. The van der Waals surface area contributed by atoms with Gasteiger partial charge in [0.15, 0.2) is 0 Å². The molecule has 1 atom stereocenters. The Morgan fingerprint density at radius 2 is 2.31 bits per heavy atom. The highest BCUT2D eigenvalue weighted by molar-refractivity contribution is 5.05. The highest BCUT2D eigenvalue weighted by Crippen LogP contribution is 2.04. The molecule has 0 aliphatic carbocycles. The van der Waals surface area contributed by atoms with E-state index in [1.165, 1.54) is 12.8 Å². The second-order valence-electron chi connectivity index (χ2n) is 3.21. The van der Waals surface area contributed by atoms with Crippen LogP contribution >= 0.6 is 0 Å². The molecule has 0 radical (unpaired) electrons. The van der Waals surface area contributed by atoms with Crippen molar-refractivity contribution in [3.63, 3.8) is 0 Å². The Balaban J connectivity index is 3.97. The molecule has 0 heterocycles. The first-order valence-electron chi connectivity index (χ1n) is 4.93. The highest BCUT2D eigenvalue weighted by Gasteiger charge is 2.01. The lowest BCUT2D eigenvalue weighted by Gasteiger charge is -2.04. The Morgan fingerprint density at radius 1 is 1.62 bits per heavy atom. The zero-order valence-corrected chi connectivity index (χ0v) is 8.71. The number of aliphatic hydroxyl groups is 1. The van der Waals surface area contributed by atoms with Crippen molar-refractivity contribution in [3.8, 4) is 0 Å². The fraction of sp³-hybridized carbons (Fsp3) is 0.583. The molecule has 0 saturated heterocycles. The van der Waals surface area contributed by atoms with Gasteiger partial charge in [-0.05, 0) is 37.8 Å². The second kappa shape index (κ2) is 7.85. The molecule has 1 heteroatoms. The molecule has 0 aromatic carbocycles. The minimum absolute atomic E-state index is 0.407. The second-order valence-corrected chi connectivity index (χ2v) is 3.21. The molecule has 1 unspecified atom stereocenters. The van der Waals surface area contributed by atoms with Crippen LogP contribution in [0.2, 0.25) is 0 Å². The largest absolute Gasteiger partial charge is 0.388 e. The Bertz CT molecular complexity index is 197. The van der Waals surface area contributed by atoms with Gasteiger partial charge in [0.1, 0.15) is 0 Å². The molecule has 0 bridgehead atoms. The van der Waals surface area contributed by atoms with Crippen LogP contribution in [0.3, 0.4) is 0 Å². The van der Waals surface area contributed by atoms with Crippen LogP contribution in [0, 0.1) is 0 Å². The Hall–Kier alpha value is -0.780. The van der Waals surface area contributed by atoms with E-state index >= 15 is 0 Å². The average Bonchev–Trinajstić information content (AvgIpc) is 2.12. The minimum atomic E-state index is -0.407. The van der Waals surface area contributed by atoms with Crippen molar-refractivity contribution in [2.45, 2.75) is 45.6 Å². The van der Waals surface area contributed by atoms with Crippen LogP contribution in [0.25, 0.3) is 0 Å². The van der Waals surface area contributed by atoms with Gasteiger partial charge >= 0.3 is 0 Å². The summed E-state index contributed by atoms with van der Waals surface area (Å²) in [5, 5.41) is 9.48. The van der Waals surface area contributed by atoms with Gasteiger partial charge in [0.25, 0.3) is 0 Å². The van der Waals surface area contributed by atoms with Crippen molar-refractivity contribution in [1.29, 1.82) is 0 Å². The van der Waals surface area contributed by atoms with Gasteiger partial charge in [-0.1, -0.05) is 19.4 Å². The van der Waals surface area contributed by atoms with E-state index in [2.05, 4.69) is 19.2 Å². The summed E-state index contributed by atoms with van der Waals surface area (Å²) in [4.78, 5) is 0. The minimum Gasteiger partial charge on any atom is -0.388 e. The van der Waals surface area contributed by atoms with Gasteiger partial charge in [0.05, 0.1) is 6.10 Å². The maximum absolute atomic E-state index is 9.48. The van der Waals surface area contributed by atoms with Crippen molar-refractivity contribution in [3.05, 3.63) is 30.0 Å². The molecule has 0 saturated carbocycles. The van der Waals surface area contributed by atoms with Gasteiger partial charge in [-0.15, -0.1) is 12.3 Å². The summed E-state index contributed by atoms with van der Waals surface area (Å²) in [5.74, 6) is 0. The van der Waals surface area contributed by atoms with Crippen LogP contribution in [-0.2, 0) is 0 Å². The van der Waals surface area contributed by atoms with Crippen molar-refractivity contribution in [2.24, 2.45) is 0 Å². The fourth-order valence-corrected chi connectivity index (χ4v) is 0.970. The maximum atomic E-state index is 9.48. The van der Waals surface area contributed by atoms with E-state index in [1.807, 2.05) is 13.0 Å². The van der Waals surface area contributed by atoms with Gasteiger partial charge in [-0.3, -0.25) is 0 Å². The lowest BCUT2D eigenvalue weighted by atomic mass is 10.1. The first kappa shape index (κ1) is 12.2. The smallest absolute Gasteiger partial charge is 0.0855 e. The first-order valence-corrected chi connectivity index (χ1v) is 4.93. The van der Waals surface area contributed by atoms with Crippen LogP contribution in [0.5, 0.6) is 0 Å². The molecule has 0 aliphatic heterocycles. The van der Waals surface area contributed by atoms with E-state index in [-0.39, 0.29) is 0 Å². The van der Waals surface area contributed by atoms with Gasteiger partial charge < -0.3 is 5.11 Å². The van der Waals surface area contributed by atoms with E-state index < -0.39 is 6.10 Å². The van der Waals surface area contributed by atoms with E-state index in [0.29, 0.717) is 6.42 Å². The normalized spacial score (nSPS) is 11.6. The zero-order chi connectivity index (χ0) is 10.1. The van der Waals surface area contributed by atoms with Gasteiger partial charge in [0, 0.05) is 0 Å². The molecule has 13 heavy (non-hydrogen) atoms. The number of unbranched alkanes of at least 4 members (excludes halogenated alkanes) is 2. The van der Waals surface area contributed by atoms with Crippen LogP contribution < -0.4 is 0 Å². The third-order valence-corrected chi connectivity index (χ3v) is 1.92. The average molecular weight is 180 g/mol. The van der Waals surface area contributed by atoms with Crippen LogP contribution in [0.4, 0.5) is 0 Å². The lowest BCUT2D eigenvalue weighted by molar-refractivity contribution is 0.215. The topological polar surface area (TPSA) is 20.2 Å². The summed E-state index contributed by atoms with van der Waals surface area (Å²) >= 11 is 0. The zero-order valence-electron chi connectivity index (χ0n) is 8.71. The molecule has 1 N–H and O–H groups in total. The summed E-state index contributed by atoms with van der Waals surface area (Å²) < 4.78 is 0. The Kier molecular flexibility index (Phi) is 7.38. The lowest BCUT2D eigenvalue weighted by Crippen LogP contribution is -2.04. The van der Waals surface area contributed by atoms with Crippen LogP contribution in [0.1, 0.15) is 39.5 Å². The molecule has 0 aromatic heterocycles. The van der Waals surface area contributed by atoms with Gasteiger partial charge in [-0.2, -0.15) is 0 Å². The number of rotatable bonds is 6. The summed E-state index contributed by atoms with van der Waals surface area (Å²) in [6.45, 7) is 7.64. The molecule has 0 aliphatic rings. The quantitative estimate of drug-likeness (QED) is 0.378. The molecular weight excluding hydrogens is 160 g/mol. The van der Waals surface area contributed by atoms with Crippen LogP contribution in [-0.4, -0.2) is 11.2 Å². The van der Waals surface area contributed by atoms with Gasteiger partial charge in [0.2, 0.25) is 0 Å². The van der Waals surface area contributed by atoms with Gasteiger partial charge in [-0.25, -0.2) is 0 Å². The predicted molar refractivity (Wildman–Crippen MR) is 57.6 cm³/mol. The molecule has 74 valence electrons. The molecule has 0 rings (SSSR count). The Labute approximate surface area is 81.5 Å². The first-order chi connectivity index (χ1) is 6.22. The molecule has 0 spiro atoms. The van der Waals surface area contributed by atoms with Crippen molar-refractivity contribution < 1.29 is 5.11 Å². The predicted octanol–water partition coefficient (Wildman–Crippen LogP) is 3.22. The van der Waals surface area contributed by atoms with E-state index in [4.69, 9.17) is 0 Å². The van der Waals surface area contributed by atoms with E-state index in [9.17, 15) is 5.11 Å². The van der Waals surface area contributed by atoms with Crippen molar-refractivity contribution in [1.82, 2.24) is 0 Å². The number of hydrogen-bond acceptors (Lipinski definition) is 1. The van der Waals surface area contributed by atoms with Crippen molar-refractivity contribution >= 4 is 0 Å². The standard InChI is InChI=1S/C12H20O/c1-4-6-7-8-10-11(3)12(13)9-5-2/h5,8,12-13H,2,4,6-7,9H2,1,3H3. The number of aliphatic hydroxyl groups excluding tert-OH is 1. The molecule has 0 amide bonds. The SMILES string of the molecule is C=CCC(O)C(C)=C=CCCCC. The summed E-state index contributed by atoms with van der Waals surface area (Å²) in [6.07, 6.45) is 7.38. The monoisotopic (exact) mass is 180 g/mol. The Morgan fingerprint density at radius 3 is 2.85 bits per heavy atom. The molecule has 0 fully saturated rings. The summed E-state index contributed by atoms with van der Waals surface area (Å²) in [5.41, 5.74) is 3.99. The van der Waals surface area contributed by atoms with E-state index in [1.54, 1.807) is 6.08 Å². The van der Waals surface area contributed by atoms with Crippen molar-refractivity contribution in [2.75, 3.05) is 0 Å².